The molecule has 83 heavy (non-hydrogen) atoms. The van der Waals surface area contributed by atoms with Crippen LogP contribution in [-0.2, 0) is 44.5 Å². The van der Waals surface area contributed by atoms with Gasteiger partial charge in [-0.3, -0.25) is 28.8 Å². The number of methoxy groups -OCH3 is 1. The molecule has 0 unspecified atom stereocenters. The van der Waals surface area contributed by atoms with Gasteiger partial charge in [-0.2, -0.15) is 0 Å². The summed E-state index contributed by atoms with van der Waals surface area (Å²) in [7, 11) is 1.32. The maximum atomic E-state index is 13.6. The average Bonchev–Trinajstić information content (AvgIpc) is 1.51. The van der Waals surface area contributed by atoms with Crippen LogP contribution in [0.5, 0.6) is 17.2 Å². The molecule has 10 N–H and O–H groups in total. The molecule has 20 nitrogen and oxygen atoms in total. The van der Waals surface area contributed by atoms with Crippen LogP contribution in [0.4, 0.5) is 0 Å². The number of Topliss-reactive ketones (excluding diaryl/α,β-unsaturated/α-hetero) is 2. The minimum Gasteiger partial charge on any atom is -0.507 e. The third kappa shape index (κ3) is 11.0. The maximum Gasteiger partial charge on any atom is 0.306 e. The fraction of sp³-hybridized carbons (Fsp3) is 0.651. The topological polar surface area (TPSA) is 336 Å². The lowest BCUT2D eigenvalue weighted by atomic mass is 9.59. The Morgan fingerprint density at radius 3 is 2.06 bits per heavy atom. The highest BCUT2D eigenvalue weighted by Gasteiger charge is 2.88. The van der Waals surface area contributed by atoms with Gasteiger partial charge in [-0.05, 0) is 37.5 Å². The Kier molecular flexibility index (Phi) is 18.8. The SMILES string of the molecule is CCCCCCCCCCCCCC(=O)O[C@@H]1[C@@H](C)[C@@]2(O)[C@@H](C=C(CO)C[C@]3(O)C(=O)C(C)=C[C@@H]23)[C@@H]2C(C)(C)[C@]12OC(C)=O.COc1cccc2c1C(=O)c1c(O)c3c(c(O)c1C2=O)C[C@@](O)(C(=O)CO)C[C@@H]3O[C@H]1C[C@H](N)[C@H](O)[C@H](C)O1. The summed E-state index contributed by atoms with van der Waals surface area (Å²) < 4.78 is 29.3. The van der Waals surface area contributed by atoms with Crippen molar-refractivity contribution in [1.29, 1.82) is 0 Å². The van der Waals surface area contributed by atoms with Gasteiger partial charge in [-0.25, -0.2) is 0 Å². The zero-order valence-corrected chi connectivity index (χ0v) is 49.0. The number of benzene rings is 2. The van der Waals surface area contributed by atoms with Gasteiger partial charge in [0.2, 0.25) is 5.78 Å². The Morgan fingerprint density at radius 2 is 1.47 bits per heavy atom. The van der Waals surface area contributed by atoms with Crippen LogP contribution in [0.15, 0.2) is 41.5 Å². The van der Waals surface area contributed by atoms with Gasteiger partial charge in [0.05, 0.1) is 54.3 Å². The first-order valence-corrected chi connectivity index (χ1v) is 29.5. The highest BCUT2D eigenvalue weighted by molar-refractivity contribution is 6.31. The summed E-state index contributed by atoms with van der Waals surface area (Å²) >= 11 is 0. The number of aromatic hydroxyl groups is 2. The summed E-state index contributed by atoms with van der Waals surface area (Å²) in [5.41, 5.74) is -2.34. The van der Waals surface area contributed by atoms with Crippen molar-refractivity contribution in [1.82, 2.24) is 0 Å². The molecule has 2 saturated carbocycles. The number of rotatable bonds is 20. The number of aliphatic hydroxyl groups excluding tert-OH is 3. The van der Waals surface area contributed by atoms with Gasteiger partial charge in [-0.15, -0.1) is 0 Å². The second-order valence-corrected chi connectivity index (χ2v) is 24.9. The molecule has 2 aromatic carbocycles. The van der Waals surface area contributed by atoms with Crippen LogP contribution >= 0.6 is 0 Å². The minimum absolute atomic E-state index is 0.0173. The number of ether oxygens (including phenoxy) is 5. The predicted octanol–water partition coefficient (Wildman–Crippen LogP) is 5.75. The van der Waals surface area contributed by atoms with E-state index < -0.39 is 165 Å². The highest BCUT2D eigenvalue weighted by Crippen LogP contribution is 2.77. The van der Waals surface area contributed by atoms with Gasteiger partial charge in [0.1, 0.15) is 41.2 Å². The number of phenolic OH excluding ortho intramolecular Hbond substituents is 2. The molecule has 7 aliphatic rings. The molecule has 0 bridgehead atoms. The van der Waals surface area contributed by atoms with Crippen LogP contribution in [0.2, 0.25) is 0 Å². The Balaban J connectivity index is 0.000000218. The van der Waals surface area contributed by atoms with E-state index >= 15 is 0 Å². The van der Waals surface area contributed by atoms with Gasteiger partial charge in [0.25, 0.3) is 0 Å². The Bertz CT molecular complexity index is 2920. The summed E-state index contributed by atoms with van der Waals surface area (Å²) in [4.78, 5) is 78.9. The minimum atomic E-state index is -2.24. The maximum absolute atomic E-state index is 13.6. The molecule has 0 aromatic heterocycles. The molecule has 9 rings (SSSR count). The normalized spacial score (nSPS) is 33.5. The van der Waals surface area contributed by atoms with E-state index in [1.54, 1.807) is 32.9 Å². The van der Waals surface area contributed by atoms with Gasteiger partial charge in [0, 0.05) is 90.8 Å². The van der Waals surface area contributed by atoms with E-state index in [-0.39, 0.29) is 53.9 Å². The summed E-state index contributed by atoms with van der Waals surface area (Å²) in [6.07, 6.45) is 10.2. The molecular formula is C63H85NO19. The Morgan fingerprint density at radius 1 is 0.843 bits per heavy atom. The van der Waals surface area contributed by atoms with Crippen molar-refractivity contribution >= 4 is 35.1 Å². The van der Waals surface area contributed by atoms with Crippen molar-refractivity contribution in [3.8, 4) is 17.2 Å². The smallest absolute Gasteiger partial charge is 0.306 e. The number of unbranched alkanes of at least 4 members (excludes halogenated alkanes) is 10. The van der Waals surface area contributed by atoms with Crippen LogP contribution in [-0.4, -0.2) is 149 Å². The fourth-order valence-electron chi connectivity index (χ4n) is 14.9. The van der Waals surface area contributed by atoms with E-state index in [9.17, 15) is 69.6 Å². The van der Waals surface area contributed by atoms with E-state index in [1.165, 1.54) is 77.2 Å². The van der Waals surface area contributed by atoms with E-state index in [1.807, 2.05) is 13.8 Å². The quantitative estimate of drug-likeness (QED) is 0.0281. The van der Waals surface area contributed by atoms with Gasteiger partial charge in [0.15, 0.2) is 29.2 Å². The first-order chi connectivity index (χ1) is 39.2. The third-order valence-electron chi connectivity index (χ3n) is 19.3. The second-order valence-electron chi connectivity index (χ2n) is 24.9. The monoisotopic (exact) mass is 1160 g/mol. The fourth-order valence-corrected chi connectivity index (χ4v) is 14.9. The molecule has 14 atom stereocenters. The summed E-state index contributed by atoms with van der Waals surface area (Å²) in [6, 6.07) is 3.64. The van der Waals surface area contributed by atoms with Crippen LogP contribution in [0, 0.1) is 29.1 Å². The number of aliphatic hydroxyl groups is 6. The van der Waals surface area contributed by atoms with E-state index in [2.05, 4.69) is 6.92 Å². The summed E-state index contributed by atoms with van der Waals surface area (Å²) in [5, 5.41) is 88.5. The lowest BCUT2D eigenvalue weighted by molar-refractivity contribution is -0.247. The van der Waals surface area contributed by atoms with Crippen LogP contribution < -0.4 is 10.5 Å². The van der Waals surface area contributed by atoms with Gasteiger partial charge >= 0.3 is 11.9 Å². The third-order valence-corrected chi connectivity index (χ3v) is 19.3. The number of carbonyl (C=O) groups is 6. The van der Waals surface area contributed by atoms with Crippen LogP contribution in [0.3, 0.4) is 0 Å². The molecule has 20 heteroatoms. The standard InChI is InChI=1S/C36H56O8.C27H29NO11/c1-7-8-9-10-11-12-13-14-15-16-17-18-29(39)43-32-24(3)35(42)27(30-33(5,6)36(30,32)44-25(4)38)20-26(22-37)21-34(41)28(35)19-23(2)31(34)40;1-10-22(31)13(28)6-17(38-10)39-15-8-27(36,16(30)9-29)7-12-19(15)26(35)21-20(24(12)33)23(32)11-4-3-5-14(37-2)18(11)25(21)34/h19-20,24,27-28,30,32,37,41-42H,7-18,21-22H2,1-6H3;3-5,10,13,15,17,22,29,31,33,35-36H,6-9,28H2,1-2H3/t24-,27+,28-,30-,32-,34-,35-,36-;10-,13-,15-,17-,22+,27-/m10/s1. The zero-order chi connectivity index (χ0) is 60.9. The molecule has 0 radical (unpaired) electrons. The number of phenols is 2. The van der Waals surface area contributed by atoms with Crippen molar-refractivity contribution in [3.63, 3.8) is 0 Å². The van der Waals surface area contributed by atoms with E-state index in [0.29, 0.717) is 17.6 Å². The summed E-state index contributed by atoms with van der Waals surface area (Å²) in [5.74, 6) is -8.07. The van der Waals surface area contributed by atoms with Crippen LogP contribution in [0.25, 0.3) is 0 Å². The molecule has 6 aliphatic carbocycles. The van der Waals surface area contributed by atoms with E-state index in [4.69, 9.17) is 29.4 Å². The highest BCUT2D eigenvalue weighted by atomic mass is 16.7. The molecule has 1 aliphatic heterocycles. The van der Waals surface area contributed by atoms with Gasteiger partial charge < -0.3 is 70.3 Å². The van der Waals surface area contributed by atoms with Crippen molar-refractivity contribution in [3.05, 3.63) is 74.9 Å². The molecule has 456 valence electrons. The molecule has 1 heterocycles. The molecule has 3 fully saturated rings. The molecule has 0 spiro atoms. The van der Waals surface area contributed by atoms with Crippen molar-refractivity contribution < 1.29 is 93.3 Å². The lowest BCUT2D eigenvalue weighted by Gasteiger charge is -2.53. The molecule has 1 saturated heterocycles. The first-order valence-electron chi connectivity index (χ1n) is 29.5. The Labute approximate surface area is 484 Å². The number of fused-ring (bicyclic) bond motifs is 8. The average molecular weight is 1160 g/mol. The number of esters is 2. The summed E-state index contributed by atoms with van der Waals surface area (Å²) in [6.45, 7) is 11.0. The second kappa shape index (κ2) is 24.5. The number of hydrogen-bond acceptors (Lipinski definition) is 20. The molecule has 0 amide bonds. The Hall–Kier alpha value is -5.42. The predicted molar refractivity (Wildman–Crippen MR) is 299 cm³/mol. The largest absolute Gasteiger partial charge is 0.507 e. The van der Waals surface area contributed by atoms with Crippen molar-refractivity contribution in [2.75, 3.05) is 20.3 Å². The molecular weight excluding hydrogens is 1070 g/mol. The van der Waals surface area contributed by atoms with Crippen molar-refractivity contribution in [2.45, 2.75) is 210 Å². The number of ketones is 4. The number of nitrogens with two attached hydrogens (primary N) is 1. The van der Waals surface area contributed by atoms with Crippen molar-refractivity contribution in [2.24, 2.45) is 34.8 Å². The first kappa shape index (κ1) is 63.6. The van der Waals surface area contributed by atoms with Crippen LogP contribution in [0.1, 0.15) is 194 Å². The zero-order valence-electron chi connectivity index (χ0n) is 49.0. The van der Waals surface area contributed by atoms with E-state index in [0.717, 1.165) is 19.3 Å². The number of carbonyl (C=O) groups excluding carboxylic acids is 6. The molecule has 2 aromatic rings. The lowest BCUT2D eigenvalue weighted by Crippen LogP contribution is -2.66. The number of hydrogen-bond donors (Lipinski definition) is 9. The van der Waals surface area contributed by atoms with Gasteiger partial charge in [-0.1, -0.05) is 116 Å².